The van der Waals surface area contributed by atoms with Crippen LogP contribution in [0.3, 0.4) is 0 Å². The van der Waals surface area contributed by atoms with E-state index in [1.54, 1.807) is 6.08 Å². The van der Waals surface area contributed by atoms with E-state index in [9.17, 15) is 9.59 Å². The molecular weight excluding hydrogens is 208 g/mol. The Morgan fingerprint density at radius 1 is 1.50 bits per heavy atom. The van der Waals surface area contributed by atoms with Crippen molar-refractivity contribution in [2.24, 2.45) is 10.4 Å². The Morgan fingerprint density at radius 3 is 2.69 bits per heavy atom. The van der Waals surface area contributed by atoms with Gasteiger partial charge in [-0.05, 0) is 24.7 Å². The molecule has 1 N–H and O–H groups in total. The maximum atomic E-state index is 10.9. The Hall–Kier alpha value is -1.35. The topological polar surface area (TPSA) is 69.7 Å². The average Bonchev–Trinajstić information content (AvgIpc) is 2.75. The molecule has 1 aliphatic carbocycles. The second-order valence-electron chi connectivity index (χ2n) is 5.72. The molecule has 1 amide bonds. The number of hydrogen-bond donors (Lipinski definition) is 1. The van der Waals surface area contributed by atoms with Gasteiger partial charge in [-0.15, -0.1) is 0 Å². The average molecular weight is 224 g/mol. The summed E-state index contributed by atoms with van der Waals surface area (Å²) in [5.41, 5.74) is -0.230. The highest BCUT2D eigenvalue weighted by atomic mass is 16.4. The van der Waals surface area contributed by atoms with Crippen molar-refractivity contribution in [1.82, 2.24) is 4.90 Å². The fourth-order valence-electron chi connectivity index (χ4n) is 3.21. The van der Waals surface area contributed by atoms with Crippen LogP contribution < -0.4 is 0 Å². The first kappa shape index (κ1) is 11.1. The number of nitrogens with zero attached hydrogens (tertiary/aromatic N) is 2. The standard InChI is InChI=1S/C11H16N2O3/c1-10(2)3-8(12-7-14)4-11(5-10)6-13(11)9(15)16/h8H,3-6H2,1-2H3,(H,15,16). The van der Waals surface area contributed by atoms with Crippen LogP contribution in [-0.4, -0.2) is 40.3 Å². The second kappa shape index (κ2) is 3.32. The summed E-state index contributed by atoms with van der Waals surface area (Å²) in [4.78, 5) is 26.5. The molecule has 1 spiro atoms. The lowest BCUT2D eigenvalue weighted by Gasteiger charge is -2.38. The van der Waals surface area contributed by atoms with E-state index in [2.05, 4.69) is 18.8 Å². The van der Waals surface area contributed by atoms with Crippen molar-refractivity contribution in [3.05, 3.63) is 0 Å². The fraction of sp³-hybridized carbons (Fsp3) is 0.818. The van der Waals surface area contributed by atoms with Gasteiger partial charge in [0.15, 0.2) is 0 Å². The van der Waals surface area contributed by atoms with Crippen molar-refractivity contribution in [3.8, 4) is 0 Å². The quantitative estimate of drug-likeness (QED) is 0.418. The van der Waals surface area contributed by atoms with Crippen LogP contribution in [-0.2, 0) is 4.79 Å². The summed E-state index contributed by atoms with van der Waals surface area (Å²) in [5, 5.41) is 8.98. The van der Waals surface area contributed by atoms with Crippen molar-refractivity contribution < 1.29 is 14.7 Å². The normalized spacial score (nSPS) is 35.6. The van der Waals surface area contributed by atoms with Gasteiger partial charge < -0.3 is 5.11 Å². The number of amides is 1. The third kappa shape index (κ3) is 1.83. The van der Waals surface area contributed by atoms with Crippen molar-refractivity contribution in [2.45, 2.75) is 44.7 Å². The van der Waals surface area contributed by atoms with Gasteiger partial charge in [0.05, 0.1) is 11.6 Å². The highest BCUT2D eigenvalue weighted by Crippen LogP contribution is 2.52. The molecule has 5 nitrogen and oxygen atoms in total. The van der Waals surface area contributed by atoms with Gasteiger partial charge >= 0.3 is 6.09 Å². The second-order valence-corrected chi connectivity index (χ2v) is 5.72. The van der Waals surface area contributed by atoms with Gasteiger partial charge in [-0.2, -0.15) is 0 Å². The van der Waals surface area contributed by atoms with Crippen LogP contribution >= 0.6 is 0 Å². The summed E-state index contributed by atoms with van der Waals surface area (Å²) in [6.45, 7) is 4.77. The molecule has 16 heavy (non-hydrogen) atoms. The first-order valence-corrected chi connectivity index (χ1v) is 5.46. The van der Waals surface area contributed by atoms with E-state index in [0.717, 1.165) is 12.8 Å². The molecule has 88 valence electrons. The molecule has 2 atom stereocenters. The summed E-state index contributed by atoms with van der Waals surface area (Å²) < 4.78 is 0. The predicted molar refractivity (Wildman–Crippen MR) is 57.0 cm³/mol. The highest BCUT2D eigenvalue weighted by Gasteiger charge is 2.60. The Bertz CT molecular complexity index is 373. The van der Waals surface area contributed by atoms with Gasteiger partial charge in [0.25, 0.3) is 0 Å². The molecule has 2 fully saturated rings. The van der Waals surface area contributed by atoms with Crippen LogP contribution in [0.2, 0.25) is 0 Å². The molecule has 0 aromatic carbocycles. The molecule has 1 saturated carbocycles. The van der Waals surface area contributed by atoms with Crippen molar-refractivity contribution in [3.63, 3.8) is 0 Å². The van der Waals surface area contributed by atoms with Gasteiger partial charge in [0, 0.05) is 6.54 Å². The number of carbonyl (C=O) groups is 1. The summed E-state index contributed by atoms with van der Waals surface area (Å²) in [6.07, 6.45) is 3.08. The smallest absolute Gasteiger partial charge is 0.407 e. The van der Waals surface area contributed by atoms with E-state index >= 15 is 0 Å². The van der Waals surface area contributed by atoms with Gasteiger partial charge in [-0.1, -0.05) is 13.8 Å². The number of rotatable bonds is 1. The summed E-state index contributed by atoms with van der Waals surface area (Å²) >= 11 is 0. The predicted octanol–water partition coefficient (Wildman–Crippen LogP) is 1.63. The zero-order valence-corrected chi connectivity index (χ0v) is 9.56. The highest BCUT2D eigenvalue weighted by molar-refractivity contribution is 5.70. The van der Waals surface area contributed by atoms with E-state index in [1.165, 1.54) is 4.90 Å². The summed E-state index contributed by atoms with van der Waals surface area (Å²) in [7, 11) is 0. The molecule has 0 radical (unpaired) electrons. The van der Waals surface area contributed by atoms with E-state index in [0.29, 0.717) is 13.0 Å². The number of aliphatic imine (C=N–C) groups is 1. The van der Waals surface area contributed by atoms with Crippen molar-refractivity contribution >= 4 is 12.2 Å². The maximum Gasteiger partial charge on any atom is 0.407 e. The van der Waals surface area contributed by atoms with Crippen molar-refractivity contribution in [1.29, 1.82) is 0 Å². The first-order chi connectivity index (χ1) is 7.38. The third-order valence-electron chi connectivity index (χ3n) is 3.60. The minimum Gasteiger partial charge on any atom is -0.465 e. The van der Waals surface area contributed by atoms with Crippen LogP contribution in [0.15, 0.2) is 4.99 Å². The van der Waals surface area contributed by atoms with Crippen LogP contribution in [0.25, 0.3) is 0 Å². The molecule has 5 heteroatoms. The lowest BCUT2D eigenvalue weighted by Crippen LogP contribution is -2.39. The Labute approximate surface area is 94.1 Å². The molecule has 2 unspecified atom stereocenters. The third-order valence-corrected chi connectivity index (χ3v) is 3.60. The fourth-order valence-corrected chi connectivity index (χ4v) is 3.21. The van der Waals surface area contributed by atoms with E-state index in [4.69, 9.17) is 5.11 Å². The molecule has 0 bridgehead atoms. The van der Waals surface area contributed by atoms with Crippen LogP contribution in [0.4, 0.5) is 4.79 Å². The van der Waals surface area contributed by atoms with Gasteiger partial charge in [-0.3, -0.25) is 4.90 Å². The number of carboxylic acid groups (broad SMARTS) is 1. The Morgan fingerprint density at radius 2 is 2.19 bits per heavy atom. The molecule has 1 saturated heterocycles. The molecule has 2 aliphatic rings. The lowest BCUT2D eigenvalue weighted by atomic mass is 9.69. The Balaban J connectivity index is 2.17. The van der Waals surface area contributed by atoms with E-state index < -0.39 is 6.09 Å². The molecule has 0 aromatic rings. The SMILES string of the molecule is CC1(C)CC(N=C=O)CC2(CN2C(=O)O)C1. The minimum atomic E-state index is -0.869. The molecule has 1 aliphatic heterocycles. The Kier molecular flexibility index (Phi) is 2.31. The lowest BCUT2D eigenvalue weighted by molar-refractivity contribution is 0.134. The number of carbonyl (C=O) groups excluding carboxylic acids is 1. The summed E-state index contributed by atoms with van der Waals surface area (Å²) in [5.74, 6) is 0. The molecule has 1 heterocycles. The van der Waals surface area contributed by atoms with E-state index in [1.807, 2.05) is 0 Å². The van der Waals surface area contributed by atoms with Gasteiger partial charge in [0.1, 0.15) is 0 Å². The zero-order chi connectivity index (χ0) is 12.0. The maximum absolute atomic E-state index is 10.9. The largest absolute Gasteiger partial charge is 0.465 e. The zero-order valence-electron chi connectivity index (χ0n) is 9.56. The van der Waals surface area contributed by atoms with Crippen LogP contribution in [0, 0.1) is 5.41 Å². The molecular formula is C11H16N2O3. The minimum absolute atomic E-state index is 0.0352. The van der Waals surface area contributed by atoms with Crippen LogP contribution in [0.5, 0.6) is 0 Å². The first-order valence-electron chi connectivity index (χ1n) is 5.46. The molecule has 2 rings (SSSR count). The van der Waals surface area contributed by atoms with Crippen molar-refractivity contribution in [2.75, 3.05) is 6.54 Å². The van der Waals surface area contributed by atoms with E-state index in [-0.39, 0.29) is 17.0 Å². The number of hydrogen-bond acceptors (Lipinski definition) is 3. The van der Waals surface area contributed by atoms with Gasteiger partial charge in [0.2, 0.25) is 6.08 Å². The number of isocyanates is 1. The van der Waals surface area contributed by atoms with Crippen LogP contribution in [0.1, 0.15) is 33.1 Å². The monoisotopic (exact) mass is 224 g/mol. The van der Waals surface area contributed by atoms with Gasteiger partial charge in [-0.25, -0.2) is 14.6 Å². The molecule has 0 aromatic heterocycles. The summed E-state index contributed by atoms with van der Waals surface area (Å²) in [6, 6.07) is -0.0781.